The number of hydrogen-bond acceptors (Lipinski definition) is 5. The summed E-state index contributed by atoms with van der Waals surface area (Å²) in [7, 11) is 0. The van der Waals surface area contributed by atoms with Crippen LogP contribution >= 0.6 is 0 Å². The molecule has 8 nitrogen and oxygen atoms in total. The third-order valence-corrected chi connectivity index (χ3v) is 5.29. The van der Waals surface area contributed by atoms with Gasteiger partial charge in [-0.05, 0) is 25.0 Å². The van der Waals surface area contributed by atoms with Crippen molar-refractivity contribution < 1.29 is 19.1 Å². The molecule has 0 unspecified atom stereocenters. The molecule has 3 rings (SSSR count). The Morgan fingerprint density at radius 3 is 2.55 bits per heavy atom. The molecule has 0 aliphatic carbocycles. The molecule has 1 aromatic carbocycles. The fourth-order valence-corrected chi connectivity index (χ4v) is 3.54. The minimum Gasteiger partial charge on any atom is -0.463 e. The van der Waals surface area contributed by atoms with Gasteiger partial charge in [0.05, 0.1) is 25.1 Å². The van der Waals surface area contributed by atoms with Gasteiger partial charge in [0.25, 0.3) is 0 Å². The monoisotopic (exact) mass is 400 g/mol. The van der Waals surface area contributed by atoms with Gasteiger partial charge >= 0.3 is 12.0 Å². The second-order valence-corrected chi connectivity index (χ2v) is 7.25. The van der Waals surface area contributed by atoms with Gasteiger partial charge in [-0.15, -0.1) is 0 Å². The normalized spacial score (nSPS) is 17.6. The molecule has 2 N–H and O–H groups in total. The van der Waals surface area contributed by atoms with Crippen LogP contribution in [0.5, 0.6) is 0 Å². The SMILES string of the molecule is CCOC(=O)C1=C(CN2CCN(C(=O)Cc3ccccc3C)CC2)NC(=O)NC1. The van der Waals surface area contributed by atoms with Crippen LogP contribution in [0.3, 0.4) is 0 Å². The summed E-state index contributed by atoms with van der Waals surface area (Å²) in [6.07, 6.45) is 0.409. The highest BCUT2D eigenvalue weighted by molar-refractivity contribution is 5.93. The van der Waals surface area contributed by atoms with Gasteiger partial charge in [-0.25, -0.2) is 9.59 Å². The molecule has 0 aromatic heterocycles. The van der Waals surface area contributed by atoms with Gasteiger partial charge in [-0.1, -0.05) is 24.3 Å². The zero-order valence-corrected chi connectivity index (χ0v) is 17.0. The molecule has 0 atom stereocenters. The summed E-state index contributed by atoms with van der Waals surface area (Å²) in [5.74, 6) is -0.289. The van der Waals surface area contributed by atoms with Crippen molar-refractivity contribution >= 4 is 17.9 Å². The highest BCUT2D eigenvalue weighted by Gasteiger charge is 2.27. The molecule has 2 aliphatic rings. The van der Waals surface area contributed by atoms with Crippen LogP contribution in [0.25, 0.3) is 0 Å². The Morgan fingerprint density at radius 1 is 1.14 bits per heavy atom. The summed E-state index contributed by atoms with van der Waals surface area (Å²) in [6.45, 7) is 7.27. The van der Waals surface area contributed by atoms with Gasteiger partial charge in [-0.3, -0.25) is 9.69 Å². The summed E-state index contributed by atoms with van der Waals surface area (Å²) in [4.78, 5) is 40.5. The van der Waals surface area contributed by atoms with Crippen molar-refractivity contribution in [1.82, 2.24) is 20.4 Å². The first kappa shape index (κ1) is 20.9. The zero-order valence-electron chi connectivity index (χ0n) is 17.0. The number of urea groups is 1. The van der Waals surface area contributed by atoms with E-state index in [-0.39, 0.29) is 25.1 Å². The minimum atomic E-state index is -0.415. The highest BCUT2D eigenvalue weighted by Crippen LogP contribution is 2.14. The van der Waals surface area contributed by atoms with Crippen LogP contribution in [-0.4, -0.2) is 73.6 Å². The smallest absolute Gasteiger partial charge is 0.337 e. The Morgan fingerprint density at radius 2 is 1.86 bits per heavy atom. The van der Waals surface area contributed by atoms with E-state index in [2.05, 4.69) is 15.5 Å². The molecule has 2 heterocycles. The van der Waals surface area contributed by atoms with E-state index >= 15 is 0 Å². The molecule has 8 heteroatoms. The summed E-state index contributed by atoms with van der Waals surface area (Å²) >= 11 is 0. The molecule has 156 valence electrons. The lowest BCUT2D eigenvalue weighted by atomic mass is 10.1. The Balaban J connectivity index is 1.57. The van der Waals surface area contributed by atoms with Crippen molar-refractivity contribution in [3.05, 3.63) is 46.7 Å². The van der Waals surface area contributed by atoms with Crippen molar-refractivity contribution in [2.24, 2.45) is 0 Å². The van der Waals surface area contributed by atoms with Crippen molar-refractivity contribution in [2.45, 2.75) is 20.3 Å². The molecule has 1 saturated heterocycles. The minimum absolute atomic E-state index is 0.126. The van der Waals surface area contributed by atoms with Crippen LogP contribution in [0.1, 0.15) is 18.1 Å². The Kier molecular flexibility index (Phi) is 6.87. The number of esters is 1. The summed E-state index contributed by atoms with van der Waals surface area (Å²) < 4.78 is 5.09. The maximum absolute atomic E-state index is 12.6. The fraction of sp³-hybridized carbons (Fsp3) is 0.476. The van der Waals surface area contributed by atoms with Gasteiger partial charge in [0.15, 0.2) is 0 Å². The molecule has 0 radical (unpaired) electrons. The first-order valence-corrected chi connectivity index (χ1v) is 9.96. The molecular formula is C21H28N4O4. The lowest BCUT2D eigenvalue weighted by molar-refractivity contribution is -0.138. The lowest BCUT2D eigenvalue weighted by Gasteiger charge is -2.36. The molecule has 0 spiro atoms. The average molecular weight is 400 g/mol. The van der Waals surface area contributed by atoms with Crippen LogP contribution in [0.4, 0.5) is 4.79 Å². The predicted molar refractivity (Wildman–Crippen MR) is 108 cm³/mol. The van der Waals surface area contributed by atoms with Gasteiger partial charge < -0.3 is 20.3 Å². The van der Waals surface area contributed by atoms with E-state index in [0.717, 1.165) is 11.1 Å². The fourth-order valence-electron chi connectivity index (χ4n) is 3.54. The first-order chi connectivity index (χ1) is 14.0. The number of benzene rings is 1. The first-order valence-electron chi connectivity index (χ1n) is 9.96. The number of nitrogens with zero attached hydrogens (tertiary/aromatic N) is 2. The number of carbonyl (C=O) groups excluding carboxylic acids is 3. The number of aryl methyl sites for hydroxylation is 1. The number of carbonyl (C=O) groups is 3. The van der Waals surface area contributed by atoms with Crippen molar-refractivity contribution in [2.75, 3.05) is 45.9 Å². The van der Waals surface area contributed by atoms with Crippen LogP contribution in [0.15, 0.2) is 35.5 Å². The second kappa shape index (κ2) is 9.56. The Bertz CT molecular complexity index is 813. The van der Waals surface area contributed by atoms with E-state index < -0.39 is 5.97 Å². The molecule has 1 fully saturated rings. The van der Waals surface area contributed by atoms with Crippen LogP contribution in [0, 0.1) is 6.92 Å². The molecular weight excluding hydrogens is 372 g/mol. The van der Waals surface area contributed by atoms with Crippen LogP contribution in [-0.2, 0) is 20.7 Å². The van der Waals surface area contributed by atoms with Crippen LogP contribution < -0.4 is 10.6 Å². The standard InChI is InChI=1S/C21H28N4O4/c1-3-29-20(27)17-13-22-21(28)23-18(17)14-24-8-10-25(11-9-24)19(26)12-16-7-5-4-6-15(16)2/h4-7H,3,8-14H2,1-2H3,(H2,22,23,28). The summed E-state index contributed by atoms with van der Waals surface area (Å²) in [6, 6.07) is 7.62. The van der Waals surface area contributed by atoms with Crippen molar-refractivity contribution in [3.8, 4) is 0 Å². The lowest BCUT2D eigenvalue weighted by Crippen LogP contribution is -2.52. The van der Waals surface area contributed by atoms with E-state index in [1.807, 2.05) is 36.1 Å². The third kappa shape index (κ3) is 5.35. The van der Waals surface area contributed by atoms with Gasteiger partial charge in [0.2, 0.25) is 5.91 Å². The number of hydrogen-bond donors (Lipinski definition) is 2. The number of rotatable bonds is 6. The third-order valence-electron chi connectivity index (χ3n) is 5.29. The van der Waals surface area contributed by atoms with Gasteiger partial charge in [-0.2, -0.15) is 0 Å². The Labute approximate surface area is 170 Å². The maximum atomic E-state index is 12.6. The second-order valence-electron chi connectivity index (χ2n) is 7.25. The zero-order chi connectivity index (χ0) is 20.8. The predicted octanol–water partition coefficient (Wildman–Crippen LogP) is 0.812. The summed E-state index contributed by atoms with van der Waals surface area (Å²) in [5.41, 5.74) is 3.21. The van der Waals surface area contributed by atoms with Gasteiger partial charge in [0, 0.05) is 38.4 Å². The number of nitrogens with one attached hydrogen (secondary N) is 2. The molecule has 1 aromatic rings. The topological polar surface area (TPSA) is 91.0 Å². The number of ether oxygens (including phenoxy) is 1. The molecule has 3 amide bonds. The summed E-state index contributed by atoms with van der Waals surface area (Å²) in [5, 5.41) is 5.34. The van der Waals surface area contributed by atoms with E-state index in [4.69, 9.17) is 4.74 Å². The quantitative estimate of drug-likeness (QED) is 0.690. The van der Waals surface area contributed by atoms with Crippen molar-refractivity contribution in [1.29, 1.82) is 0 Å². The van der Waals surface area contributed by atoms with E-state index in [9.17, 15) is 14.4 Å². The van der Waals surface area contributed by atoms with E-state index in [1.54, 1.807) is 6.92 Å². The molecule has 29 heavy (non-hydrogen) atoms. The van der Waals surface area contributed by atoms with E-state index in [1.165, 1.54) is 0 Å². The molecule has 2 aliphatic heterocycles. The van der Waals surface area contributed by atoms with Crippen molar-refractivity contribution in [3.63, 3.8) is 0 Å². The largest absolute Gasteiger partial charge is 0.463 e. The number of amides is 3. The molecule has 0 saturated carbocycles. The number of piperazine rings is 1. The average Bonchev–Trinajstić information content (AvgIpc) is 2.70. The van der Waals surface area contributed by atoms with Gasteiger partial charge in [0.1, 0.15) is 0 Å². The van der Waals surface area contributed by atoms with E-state index in [0.29, 0.717) is 50.4 Å². The highest BCUT2D eigenvalue weighted by atomic mass is 16.5. The molecule has 0 bridgehead atoms. The van der Waals surface area contributed by atoms with Crippen LogP contribution in [0.2, 0.25) is 0 Å². The maximum Gasteiger partial charge on any atom is 0.337 e. The Hall–Kier alpha value is -2.87.